The van der Waals surface area contributed by atoms with Crippen molar-refractivity contribution in [2.75, 3.05) is 13.4 Å². The summed E-state index contributed by atoms with van der Waals surface area (Å²) in [5, 5.41) is 0. The summed E-state index contributed by atoms with van der Waals surface area (Å²) >= 11 is 3.22. The molecule has 0 radical (unpaired) electrons. The van der Waals surface area contributed by atoms with Crippen molar-refractivity contribution in [3.63, 3.8) is 0 Å². The van der Waals surface area contributed by atoms with Gasteiger partial charge in [0.05, 0.1) is 18.9 Å². The van der Waals surface area contributed by atoms with Gasteiger partial charge < -0.3 is 4.74 Å². The number of hydrogen-bond donors (Lipinski definition) is 1. The average Bonchev–Trinajstić information content (AvgIpc) is 2.14. The Hall–Kier alpha value is -1.08. The highest BCUT2D eigenvalue weighted by Gasteiger charge is 2.15. The molecule has 0 fully saturated rings. The molecule has 0 unspecified atom stereocenters. The van der Waals surface area contributed by atoms with E-state index < -0.39 is 15.9 Å². The summed E-state index contributed by atoms with van der Waals surface area (Å²) in [6, 6.07) is 4.68. The molecule has 0 spiro atoms. The number of nitrogens with one attached hydrogen (secondary N) is 1. The molecule has 0 saturated carbocycles. The zero-order valence-electron chi connectivity index (χ0n) is 8.65. The molecule has 0 aliphatic rings. The van der Waals surface area contributed by atoms with Crippen molar-refractivity contribution < 1.29 is 17.9 Å². The molecule has 0 bridgehead atoms. The second kappa shape index (κ2) is 4.84. The van der Waals surface area contributed by atoms with Crippen molar-refractivity contribution >= 4 is 31.9 Å². The molecule has 1 amide bonds. The number of carbonyl (C=O) groups excluding carboxylic acids is 1. The van der Waals surface area contributed by atoms with E-state index in [1.54, 1.807) is 12.1 Å². The second-order valence-electron chi connectivity index (χ2n) is 3.05. The predicted molar refractivity (Wildman–Crippen MR) is 63.0 cm³/mol. The van der Waals surface area contributed by atoms with Crippen molar-refractivity contribution in [2.45, 2.75) is 0 Å². The number of amides is 1. The minimum atomic E-state index is -3.57. The predicted octanol–water partition coefficient (Wildman–Crippen LogP) is 1.15. The SMILES string of the molecule is COc1cc(Br)ccc1C(=O)NS(C)(=O)=O. The molecule has 0 aliphatic heterocycles. The largest absolute Gasteiger partial charge is 0.496 e. The number of sulfonamides is 1. The lowest BCUT2D eigenvalue weighted by Crippen LogP contribution is -2.29. The first-order chi connectivity index (χ1) is 7.33. The van der Waals surface area contributed by atoms with Crippen LogP contribution in [0.25, 0.3) is 0 Å². The van der Waals surface area contributed by atoms with E-state index in [1.807, 2.05) is 4.72 Å². The fourth-order valence-corrected chi connectivity index (χ4v) is 1.86. The van der Waals surface area contributed by atoms with Gasteiger partial charge in [-0.15, -0.1) is 0 Å². The minimum absolute atomic E-state index is 0.163. The van der Waals surface area contributed by atoms with Crippen molar-refractivity contribution in [3.05, 3.63) is 28.2 Å². The lowest BCUT2D eigenvalue weighted by atomic mass is 10.2. The number of rotatable bonds is 3. The summed E-state index contributed by atoms with van der Waals surface area (Å²) < 4.78 is 29.4. The van der Waals surface area contributed by atoms with Gasteiger partial charge in [0.15, 0.2) is 0 Å². The van der Waals surface area contributed by atoms with Gasteiger partial charge in [-0.3, -0.25) is 4.79 Å². The number of benzene rings is 1. The first kappa shape index (κ1) is 13.0. The van der Waals surface area contributed by atoms with Crippen LogP contribution in [-0.2, 0) is 10.0 Å². The number of hydrogen-bond acceptors (Lipinski definition) is 4. The van der Waals surface area contributed by atoms with E-state index >= 15 is 0 Å². The Balaban J connectivity index is 3.09. The van der Waals surface area contributed by atoms with E-state index in [-0.39, 0.29) is 5.56 Å². The van der Waals surface area contributed by atoms with Gasteiger partial charge in [0.1, 0.15) is 5.75 Å². The monoisotopic (exact) mass is 307 g/mol. The Morgan fingerprint density at radius 1 is 1.44 bits per heavy atom. The third-order valence-corrected chi connectivity index (χ3v) is 2.74. The summed E-state index contributed by atoms with van der Waals surface area (Å²) in [7, 11) is -2.17. The van der Waals surface area contributed by atoms with Crippen molar-refractivity contribution in [2.24, 2.45) is 0 Å². The molecular weight excluding hydrogens is 298 g/mol. The topological polar surface area (TPSA) is 72.5 Å². The molecule has 88 valence electrons. The molecule has 1 N–H and O–H groups in total. The lowest BCUT2D eigenvalue weighted by molar-refractivity contribution is 0.0978. The molecule has 1 rings (SSSR count). The Bertz CT molecular complexity index is 512. The average molecular weight is 308 g/mol. The van der Waals surface area contributed by atoms with Gasteiger partial charge in [0.2, 0.25) is 10.0 Å². The highest BCUT2D eigenvalue weighted by atomic mass is 79.9. The van der Waals surface area contributed by atoms with Crippen LogP contribution in [-0.4, -0.2) is 27.7 Å². The molecule has 0 heterocycles. The molecule has 5 nitrogen and oxygen atoms in total. The molecule has 0 atom stereocenters. The molecule has 0 aromatic heterocycles. The first-order valence-corrected chi connectivity index (χ1v) is 6.87. The molecular formula is C9H10BrNO4S. The quantitative estimate of drug-likeness (QED) is 0.909. The van der Waals surface area contributed by atoms with Gasteiger partial charge >= 0.3 is 0 Å². The molecule has 0 saturated heterocycles. The van der Waals surface area contributed by atoms with E-state index in [1.165, 1.54) is 13.2 Å². The van der Waals surface area contributed by atoms with Crippen LogP contribution in [0.15, 0.2) is 22.7 Å². The maximum absolute atomic E-state index is 11.6. The van der Waals surface area contributed by atoms with Crippen molar-refractivity contribution in [1.29, 1.82) is 0 Å². The maximum atomic E-state index is 11.6. The van der Waals surface area contributed by atoms with Crippen LogP contribution in [0.1, 0.15) is 10.4 Å². The summed E-state index contributed by atoms with van der Waals surface area (Å²) in [4.78, 5) is 11.6. The van der Waals surface area contributed by atoms with E-state index in [2.05, 4.69) is 15.9 Å². The van der Waals surface area contributed by atoms with Gasteiger partial charge in [-0.25, -0.2) is 13.1 Å². The molecule has 7 heteroatoms. The Morgan fingerprint density at radius 3 is 2.56 bits per heavy atom. The van der Waals surface area contributed by atoms with Crippen molar-refractivity contribution in [1.82, 2.24) is 4.72 Å². The van der Waals surface area contributed by atoms with Crippen LogP contribution in [0.2, 0.25) is 0 Å². The lowest BCUT2D eigenvalue weighted by Gasteiger charge is -2.08. The fraction of sp³-hybridized carbons (Fsp3) is 0.222. The normalized spacial score (nSPS) is 10.9. The minimum Gasteiger partial charge on any atom is -0.496 e. The van der Waals surface area contributed by atoms with E-state index in [0.717, 1.165) is 10.7 Å². The zero-order chi connectivity index (χ0) is 12.3. The number of methoxy groups -OCH3 is 1. The Labute approximate surface area is 102 Å². The Kier molecular flexibility index (Phi) is 3.93. The van der Waals surface area contributed by atoms with Crippen LogP contribution in [0.3, 0.4) is 0 Å². The van der Waals surface area contributed by atoms with E-state index in [9.17, 15) is 13.2 Å². The summed E-state index contributed by atoms with van der Waals surface area (Å²) in [6.45, 7) is 0. The third kappa shape index (κ3) is 3.49. The second-order valence-corrected chi connectivity index (χ2v) is 5.71. The number of halogens is 1. The van der Waals surface area contributed by atoms with E-state index in [0.29, 0.717) is 5.75 Å². The summed E-state index contributed by atoms with van der Waals surface area (Å²) in [5.41, 5.74) is 0.163. The molecule has 1 aromatic carbocycles. The molecule has 0 aliphatic carbocycles. The van der Waals surface area contributed by atoms with Crippen LogP contribution >= 0.6 is 15.9 Å². The highest BCUT2D eigenvalue weighted by molar-refractivity contribution is 9.10. The van der Waals surface area contributed by atoms with Crippen LogP contribution < -0.4 is 9.46 Å². The van der Waals surface area contributed by atoms with Gasteiger partial charge in [-0.05, 0) is 18.2 Å². The zero-order valence-corrected chi connectivity index (χ0v) is 11.1. The van der Waals surface area contributed by atoms with E-state index in [4.69, 9.17) is 4.74 Å². The summed E-state index contributed by atoms with van der Waals surface area (Å²) in [6.07, 6.45) is 0.913. The van der Waals surface area contributed by atoms with Gasteiger partial charge in [0.25, 0.3) is 5.91 Å². The summed E-state index contributed by atoms with van der Waals surface area (Å²) in [5.74, 6) is -0.414. The van der Waals surface area contributed by atoms with Crippen LogP contribution in [0.4, 0.5) is 0 Å². The number of carbonyl (C=O) groups is 1. The highest BCUT2D eigenvalue weighted by Crippen LogP contribution is 2.23. The van der Waals surface area contributed by atoms with Crippen LogP contribution in [0.5, 0.6) is 5.75 Å². The maximum Gasteiger partial charge on any atom is 0.268 e. The third-order valence-electron chi connectivity index (χ3n) is 1.69. The van der Waals surface area contributed by atoms with Crippen molar-refractivity contribution in [3.8, 4) is 5.75 Å². The smallest absolute Gasteiger partial charge is 0.268 e. The first-order valence-electron chi connectivity index (χ1n) is 4.19. The Morgan fingerprint density at radius 2 is 2.06 bits per heavy atom. The standard InChI is InChI=1S/C9H10BrNO4S/c1-15-8-5-6(10)3-4-7(8)9(12)11-16(2,13)14/h3-5H,1-2H3,(H,11,12). The fourth-order valence-electron chi connectivity index (χ4n) is 1.08. The van der Waals surface area contributed by atoms with Crippen LogP contribution in [0, 0.1) is 0 Å². The number of ether oxygens (including phenoxy) is 1. The molecule has 1 aromatic rings. The van der Waals surface area contributed by atoms with Gasteiger partial charge in [0, 0.05) is 4.47 Å². The molecule has 16 heavy (non-hydrogen) atoms. The van der Waals surface area contributed by atoms with Gasteiger partial charge in [-0.2, -0.15) is 0 Å². The van der Waals surface area contributed by atoms with Gasteiger partial charge in [-0.1, -0.05) is 15.9 Å².